The molecule has 2 heterocycles. The number of nitrogens with one attached hydrogen (secondary N) is 1. The molecular formula is C11H15N5O3. The molecule has 1 saturated carbocycles. The molecule has 1 aliphatic carbocycles. The molecule has 0 unspecified atom stereocenters. The number of aromatic nitrogens is 2. The summed E-state index contributed by atoms with van der Waals surface area (Å²) in [5.74, 6) is 0.848. The fourth-order valence-corrected chi connectivity index (χ4v) is 1.94. The molecule has 0 radical (unpaired) electrons. The van der Waals surface area contributed by atoms with E-state index in [0.29, 0.717) is 44.1 Å². The number of hydrogen-bond acceptors (Lipinski definition) is 7. The van der Waals surface area contributed by atoms with Crippen molar-refractivity contribution in [2.45, 2.75) is 18.9 Å². The summed E-state index contributed by atoms with van der Waals surface area (Å²) in [7, 11) is 0. The number of rotatable bonds is 4. The van der Waals surface area contributed by atoms with Gasteiger partial charge in [-0.05, 0) is 12.8 Å². The van der Waals surface area contributed by atoms with Crippen LogP contribution >= 0.6 is 0 Å². The van der Waals surface area contributed by atoms with Gasteiger partial charge in [0.25, 0.3) is 0 Å². The quantitative estimate of drug-likeness (QED) is 0.635. The molecule has 0 aromatic carbocycles. The normalized spacial score (nSPS) is 19.3. The van der Waals surface area contributed by atoms with Gasteiger partial charge in [0.05, 0.1) is 18.1 Å². The van der Waals surface area contributed by atoms with Crippen molar-refractivity contribution in [2.75, 3.05) is 36.5 Å². The molecular weight excluding hydrogens is 250 g/mol. The second-order valence-electron chi connectivity index (χ2n) is 4.68. The Labute approximate surface area is 109 Å². The molecule has 2 aliphatic rings. The van der Waals surface area contributed by atoms with Crippen molar-refractivity contribution in [3.8, 4) is 0 Å². The first-order valence-corrected chi connectivity index (χ1v) is 6.35. The fraction of sp³-hybridized carbons (Fsp3) is 0.636. The monoisotopic (exact) mass is 265 g/mol. The van der Waals surface area contributed by atoms with Gasteiger partial charge in [0, 0.05) is 19.1 Å². The first-order valence-electron chi connectivity index (χ1n) is 6.35. The summed E-state index contributed by atoms with van der Waals surface area (Å²) in [6, 6.07) is 0.311. The van der Waals surface area contributed by atoms with Gasteiger partial charge in [0.1, 0.15) is 6.20 Å². The number of ether oxygens (including phenoxy) is 1. The predicted octanol–water partition coefficient (Wildman–Crippen LogP) is 0.796. The molecule has 1 saturated heterocycles. The van der Waals surface area contributed by atoms with Crippen LogP contribution < -0.4 is 10.2 Å². The largest absolute Gasteiger partial charge is 0.378 e. The topological polar surface area (TPSA) is 93.4 Å². The lowest BCUT2D eigenvalue weighted by atomic mass is 10.4. The standard InChI is InChI=1S/C11H15N5O3/c17-16(18)9-7-12-11(15-3-5-19-6-4-15)14-10(9)13-8-1-2-8/h7-8H,1-6H2,(H,12,13,14). The minimum atomic E-state index is -0.451. The average molecular weight is 265 g/mol. The SMILES string of the molecule is O=[N+]([O-])c1cnc(N2CCOCC2)nc1NC1CC1. The first kappa shape index (κ1) is 12.1. The molecule has 8 heteroatoms. The maximum absolute atomic E-state index is 11.0. The third kappa shape index (κ3) is 2.73. The maximum Gasteiger partial charge on any atom is 0.329 e. The van der Waals surface area contributed by atoms with Crippen LogP contribution in [0.15, 0.2) is 6.20 Å². The van der Waals surface area contributed by atoms with E-state index in [9.17, 15) is 10.1 Å². The molecule has 102 valence electrons. The van der Waals surface area contributed by atoms with Gasteiger partial charge in [-0.2, -0.15) is 4.98 Å². The smallest absolute Gasteiger partial charge is 0.329 e. The minimum absolute atomic E-state index is 0.0658. The van der Waals surface area contributed by atoms with Crippen molar-refractivity contribution in [2.24, 2.45) is 0 Å². The van der Waals surface area contributed by atoms with E-state index >= 15 is 0 Å². The molecule has 1 N–H and O–H groups in total. The Kier molecular flexibility index (Phi) is 3.16. The van der Waals surface area contributed by atoms with Crippen LogP contribution in [0.3, 0.4) is 0 Å². The summed E-state index contributed by atoms with van der Waals surface area (Å²) in [5.41, 5.74) is -0.0658. The summed E-state index contributed by atoms with van der Waals surface area (Å²) in [6.45, 7) is 2.68. The molecule has 1 aromatic rings. The second kappa shape index (κ2) is 4.96. The van der Waals surface area contributed by atoms with Gasteiger partial charge in [0.15, 0.2) is 0 Å². The van der Waals surface area contributed by atoms with Crippen LogP contribution in [0.5, 0.6) is 0 Å². The number of nitro groups is 1. The Bertz CT molecular complexity index is 485. The summed E-state index contributed by atoms with van der Waals surface area (Å²) >= 11 is 0. The fourth-order valence-electron chi connectivity index (χ4n) is 1.94. The van der Waals surface area contributed by atoms with Crippen LogP contribution in [-0.4, -0.2) is 47.2 Å². The maximum atomic E-state index is 11.0. The average Bonchev–Trinajstić information content (AvgIpc) is 3.23. The Balaban J connectivity index is 1.86. The van der Waals surface area contributed by atoms with Crippen LogP contribution in [0.25, 0.3) is 0 Å². The zero-order valence-corrected chi connectivity index (χ0v) is 10.4. The third-order valence-electron chi connectivity index (χ3n) is 3.17. The van der Waals surface area contributed by atoms with Crippen LogP contribution in [0.2, 0.25) is 0 Å². The van der Waals surface area contributed by atoms with E-state index in [2.05, 4.69) is 15.3 Å². The Morgan fingerprint density at radius 2 is 2.16 bits per heavy atom. The Morgan fingerprint density at radius 1 is 1.42 bits per heavy atom. The van der Waals surface area contributed by atoms with E-state index in [-0.39, 0.29) is 5.69 Å². The lowest BCUT2D eigenvalue weighted by Gasteiger charge is -2.26. The minimum Gasteiger partial charge on any atom is -0.378 e. The highest BCUT2D eigenvalue weighted by Gasteiger charge is 2.27. The van der Waals surface area contributed by atoms with Gasteiger partial charge in [-0.25, -0.2) is 4.98 Å². The summed E-state index contributed by atoms with van der Waals surface area (Å²) in [4.78, 5) is 20.9. The predicted molar refractivity (Wildman–Crippen MR) is 68.4 cm³/mol. The Hall–Kier alpha value is -1.96. The van der Waals surface area contributed by atoms with E-state index in [1.165, 1.54) is 6.20 Å². The van der Waals surface area contributed by atoms with Gasteiger partial charge < -0.3 is 15.0 Å². The lowest BCUT2D eigenvalue weighted by molar-refractivity contribution is -0.384. The zero-order valence-electron chi connectivity index (χ0n) is 10.4. The van der Waals surface area contributed by atoms with Crippen LogP contribution in [0, 0.1) is 10.1 Å². The van der Waals surface area contributed by atoms with E-state index < -0.39 is 4.92 Å². The van der Waals surface area contributed by atoms with Crippen LogP contribution in [0.1, 0.15) is 12.8 Å². The number of hydrogen-bond donors (Lipinski definition) is 1. The highest BCUT2D eigenvalue weighted by atomic mass is 16.6. The molecule has 19 heavy (non-hydrogen) atoms. The van der Waals surface area contributed by atoms with Crippen molar-refractivity contribution in [1.82, 2.24) is 9.97 Å². The highest BCUT2D eigenvalue weighted by Crippen LogP contribution is 2.30. The second-order valence-corrected chi connectivity index (χ2v) is 4.68. The van der Waals surface area contributed by atoms with Gasteiger partial charge in [-0.1, -0.05) is 0 Å². The summed E-state index contributed by atoms with van der Waals surface area (Å²) in [5, 5.41) is 14.1. The number of nitrogens with zero attached hydrogens (tertiary/aromatic N) is 4. The van der Waals surface area contributed by atoms with Crippen molar-refractivity contribution in [3.05, 3.63) is 16.3 Å². The van der Waals surface area contributed by atoms with Crippen LogP contribution in [-0.2, 0) is 4.74 Å². The molecule has 0 atom stereocenters. The van der Waals surface area contributed by atoms with E-state index in [1.54, 1.807) is 0 Å². The number of anilines is 2. The van der Waals surface area contributed by atoms with Crippen molar-refractivity contribution < 1.29 is 9.66 Å². The molecule has 1 aromatic heterocycles. The molecule has 2 fully saturated rings. The van der Waals surface area contributed by atoms with E-state index in [1.807, 2.05) is 4.90 Å². The van der Waals surface area contributed by atoms with E-state index in [4.69, 9.17) is 4.74 Å². The summed E-state index contributed by atoms with van der Waals surface area (Å²) in [6.07, 6.45) is 3.35. The van der Waals surface area contributed by atoms with Crippen molar-refractivity contribution in [1.29, 1.82) is 0 Å². The van der Waals surface area contributed by atoms with Crippen molar-refractivity contribution in [3.63, 3.8) is 0 Å². The van der Waals surface area contributed by atoms with Crippen molar-refractivity contribution >= 4 is 17.5 Å². The third-order valence-corrected chi connectivity index (χ3v) is 3.17. The zero-order chi connectivity index (χ0) is 13.2. The first-order chi connectivity index (χ1) is 9.24. The molecule has 3 rings (SSSR count). The van der Waals surface area contributed by atoms with E-state index in [0.717, 1.165) is 12.8 Å². The molecule has 0 bridgehead atoms. The van der Waals surface area contributed by atoms with Gasteiger partial charge in [0.2, 0.25) is 11.8 Å². The number of morpholine rings is 1. The molecule has 0 spiro atoms. The lowest BCUT2D eigenvalue weighted by Crippen LogP contribution is -2.37. The summed E-state index contributed by atoms with van der Waals surface area (Å²) < 4.78 is 5.27. The van der Waals surface area contributed by atoms with Crippen LogP contribution in [0.4, 0.5) is 17.5 Å². The molecule has 1 aliphatic heterocycles. The van der Waals surface area contributed by atoms with Gasteiger partial charge in [-0.3, -0.25) is 10.1 Å². The van der Waals surface area contributed by atoms with Gasteiger partial charge in [-0.15, -0.1) is 0 Å². The van der Waals surface area contributed by atoms with Gasteiger partial charge >= 0.3 is 5.69 Å². The molecule has 0 amide bonds. The highest BCUT2D eigenvalue weighted by molar-refractivity contribution is 5.58. The Morgan fingerprint density at radius 3 is 2.79 bits per heavy atom. The molecule has 8 nitrogen and oxygen atoms in total.